The Kier molecular flexibility index (Phi) is 8.77. The monoisotopic (exact) mass is 483 g/mol. The number of nitrogens with zero attached hydrogens (tertiary/aromatic N) is 2. The number of carbonyl (C=O) groups is 1. The third-order valence-electron chi connectivity index (χ3n) is 6.68. The van der Waals surface area contributed by atoms with Crippen molar-refractivity contribution in [2.45, 2.75) is 59.4 Å². The summed E-state index contributed by atoms with van der Waals surface area (Å²) < 4.78 is 8.35. The quantitative estimate of drug-likeness (QED) is 0.232. The van der Waals surface area contributed by atoms with Gasteiger partial charge in [0.25, 0.3) is 5.91 Å². The lowest BCUT2D eigenvalue weighted by Gasteiger charge is -2.11. The second-order valence-corrected chi connectivity index (χ2v) is 9.55. The Morgan fingerprint density at radius 3 is 2.50 bits per heavy atom. The fraction of sp³-hybridized carbons (Fsp3) is 0.355. The fourth-order valence-corrected chi connectivity index (χ4v) is 4.38. The molecule has 5 nitrogen and oxygen atoms in total. The van der Waals surface area contributed by atoms with Crippen molar-refractivity contribution in [3.8, 4) is 5.75 Å². The second-order valence-electron chi connectivity index (χ2n) is 9.55. The third kappa shape index (κ3) is 6.75. The standard InChI is InChI=1S/C31H37N3O2/c1-23-13-16-26(17-14-23)31(35)32-19-8-4-5-12-30-33-28-10-6-7-11-29(28)34(30)20-9-21-36-27-18-15-24(2)25(3)22-27/h6-7,10-11,13-18,22H,4-5,8-9,12,19-21H2,1-3H3,(H,32,35). The molecule has 0 aliphatic heterocycles. The van der Waals surface area contributed by atoms with Gasteiger partial charge in [0, 0.05) is 25.1 Å². The Hall–Kier alpha value is -3.60. The molecule has 0 bridgehead atoms. The number of amides is 1. The molecule has 0 radical (unpaired) electrons. The van der Waals surface area contributed by atoms with Crippen LogP contribution < -0.4 is 10.1 Å². The molecule has 0 saturated carbocycles. The first-order valence-electron chi connectivity index (χ1n) is 13.0. The average Bonchev–Trinajstić information content (AvgIpc) is 3.23. The summed E-state index contributed by atoms with van der Waals surface area (Å²) in [6, 6.07) is 22.3. The van der Waals surface area contributed by atoms with Gasteiger partial charge in [0.05, 0.1) is 17.6 Å². The van der Waals surface area contributed by atoms with E-state index in [0.29, 0.717) is 13.2 Å². The van der Waals surface area contributed by atoms with Crippen LogP contribution in [0.4, 0.5) is 0 Å². The van der Waals surface area contributed by atoms with Crippen molar-refractivity contribution in [1.82, 2.24) is 14.9 Å². The van der Waals surface area contributed by atoms with Gasteiger partial charge in [-0.2, -0.15) is 0 Å². The zero-order valence-electron chi connectivity index (χ0n) is 21.7. The number of hydrogen-bond donors (Lipinski definition) is 1. The minimum atomic E-state index is -0.000176. The van der Waals surface area contributed by atoms with Crippen molar-refractivity contribution >= 4 is 16.9 Å². The van der Waals surface area contributed by atoms with Gasteiger partial charge in [-0.1, -0.05) is 42.3 Å². The van der Waals surface area contributed by atoms with Crippen LogP contribution in [0.2, 0.25) is 0 Å². The molecule has 36 heavy (non-hydrogen) atoms. The van der Waals surface area contributed by atoms with E-state index in [4.69, 9.17) is 9.72 Å². The van der Waals surface area contributed by atoms with Crippen LogP contribution in [0.3, 0.4) is 0 Å². The van der Waals surface area contributed by atoms with E-state index in [9.17, 15) is 4.79 Å². The highest BCUT2D eigenvalue weighted by Gasteiger charge is 2.10. The summed E-state index contributed by atoms with van der Waals surface area (Å²) in [7, 11) is 0. The van der Waals surface area contributed by atoms with Crippen molar-refractivity contribution in [1.29, 1.82) is 0 Å². The van der Waals surface area contributed by atoms with E-state index >= 15 is 0 Å². The molecule has 4 rings (SSSR count). The number of rotatable bonds is 12. The number of fused-ring (bicyclic) bond motifs is 1. The number of benzene rings is 3. The Morgan fingerprint density at radius 1 is 0.889 bits per heavy atom. The summed E-state index contributed by atoms with van der Waals surface area (Å²) in [5.41, 5.74) is 6.65. The fourth-order valence-electron chi connectivity index (χ4n) is 4.38. The van der Waals surface area contributed by atoms with Crippen LogP contribution in [0.25, 0.3) is 11.0 Å². The highest BCUT2D eigenvalue weighted by molar-refractivity contribution is 5.94. The van der Waals surface area contributed by atoms with E-state index in [1.165, 1.54) is 16.6 Å². The lowest BCUT2D eigenvalue weighted by Crippen LogP contribution is -2.24. The van der Waals surface area contributed by atoms with Gasteiger partial charge in [0.15, 0.2) is 0 Å². The van der Waals surface area contributed by atoms with Crippen LogP contribution in [0.1, 0.15) is 58.6 Å². The van der Waals surface area contributed by atoms with E-state index in [1.807, 2.05) is 43.3 Å². The zero-order valence-corrected chi connectivity index (χ0v) is 21.7. The van der Waals surface area contributed by atoms with Gasteiger partial charge in [0.1, 0.15) is 11.6 Å². The normalized spacial score (nSPS) is 11.1. The molecular formula is C31H37N3O2. The van der Waals surface area contributed by atoms with Gasteiger partial charge in [-0.3, -0.25) is 4.79 Å². The molecule has 0 aliphatic rings. The van der Waals surface area contributed by atoms with Crippen molar-refractivity contribution in [3.05, 3.63) is 94.8 Å². The van der Waals surface area contributed by atoms with Crippen molar-refractivity contribution in [3.63, 3.8) is 0 Å². The Balaban J connectivity index is 1.24. The molecule has 0 aliphatic carbocycles. The number of imidazole rings is 1. The molecule has 3 aromatic carbocycles. The van der Waals surface area contributed by atoms with E-state index in [1.54, 1.807) is 0 Å². The van der Waals surface area contributed by atoms with Crippen LogP contribution in [0, 0.1) is 20.8 Å². The first-order chi connectivity index (χ1) is 17.5. The smallest absolute Gasteiger partial charge is 0.251 e. The predicted molar refractivity (Wildman–Crippen MR) is 147 cm³/mol. The summed E-state index contributed by atoms with van der Waals surface area (Å²) in [4.78, 5) is 17.2. The van der Waals surface area contributed by atoms with Crippen LogP contribution >= 0.6 is 0 Å². The first kappa shape index (κ1) is 25.5. The molecule has 0 fully saturated rings. The number of aryl methyl sites for hydroxylation is 5. The number of aromatic nitrogens is 2. The number of hydrogen-bond acceptors (Lipinski definition) is 3. The van der Waals surface area contributed by atoms with Crippen LogP contribution in [-0.4, -0.2) is 28.6 Å². The predicted octanol–water partition coefficient (Wildman–Crippen LogP) is 6.57. The van der Waals surface area contributed by atoms with E-state index < -0.39 is 0 Å². The van der Waals surface area contributed by atoms with E-state index in [0.717, 1.165) is 66.9 Å². The molecular weight excluding hydrogens is 446 g/mol. The SMILES string of the molecule is Cc1ccc(C(=O)NCCCCCc2nc3ccccc3n2CCCOc2ccc(C)c(C)c2)cc1. The number of para-hydroxylation sites is 2. The van der Waals surface area contributed by atoms with Crippen molar-refractivity contribution < 1.29 is 9.53 Å². The molecule has 1 N–H and O–H groups in total. The maximum Gasteiger partial charge on any atom is 0.251 e. The van der Waals surface area contributed by atoms with Gasteiger partial charge >= 0.3 is 0 Å². The molecule has 0 spiro atoms. The first-order valence-corrected chi connectivity index (χ1v) is 13.0. The van der Waals surface area contributed by atoms with Crippen molar-refractivity contribution in [2.75, 3.05) is 13.2 Å². The molecule has 0 unspecified atom stereocenters. The van der Waals surface area contributed by atoms with E-state index in [2.05, 4.69) is 54.1 Å². The average molecular weight is 484 g/mol. The third-order valence-corrected chi connectivity index (χ3v) is 6.68. The van der Waals surface area contributed by atoms with Gasteiger partial charge < -0.3 is 14.6 Å². The van der Waals surface area contributed by atoms with Gasteiger partial charge in [-0.25, -0.2) is 4.98 Å². The molecule has 1 aromatic heterocycles. The maximum atomic E-state index is 12.3. The topological polar surface area (TPSA) is 56.2 Å². The van der Waals surface area contributed by atoms with E-state index in [-0.39, 0.29) is 5.91 Å². The molecule has 1 heterocycles. The summed E-state index contributed by atoms with van der Waals surface area (Å²) in [5.74, 6) is 2.06. The Labute approximate surface area is 214 Å². The number of nitrogens with one attached hydrogen (secondary N) is 1. The van der Waals surface area contributed by atoms with Gasteiger partial charge in [-0.05, 0) is 87.6 Å². The summed E-state index contributed by atoms with van der Waals surface area (Å²) in [6.07, 6.45) is 4.90. The number of unbranched alkanes of at least 4 members (excludes halogenated alkanes) is 2. The molecule has 4 aromatic rings. The second kappa shape index (κ2) is 12.4. The molecule has 5 heteroatoms. The van der Waals surface area contributed by atoms with Crippen LogP contribution in [0.15, 0.2) is 66.7 Å². The van der Waals surface area contributed by atoms with Crippen LogP contribution in [0.5, 0.6) is 5.75 Å². The minimum absolute atomic E-state index is 0.000176. The lowest BCUT2D eigenvalue weighted by atomic mass is 10.1. The zero-order chi connectivity index (χ0) is 25.3. The number of carbonyl (C=O) groups excluding carboxylic acids is 1. The highest BCUT2D eigenvalue weighted by atomic mass is 16.5. The van der Waals surface area contributed by atoms with Gasteiger partial charge in [-0.15, -0.1) is 0 Å². The molecule has 188 valence electrons. The summed E-state index contributed by atoms with van der Waals surface area (Å²) in [5, 5.41) is 3.03. The number of ether oxygens (including phenoxy) is 1. The lowest BCUT2D eigenvalue weighted by molar-refractivity contribution is 0.0953. The van der Waals surface area contributed by atoms with Gasteiger partial charge in [0.2, 0.25) is 0 Å². The Bertz CT molecular complexity index is 1290. The minimum Gasteiger partial charge on any atom is -0.494 e. The molecule has 0 atom stereocenters. The highest BCUT2D eigenvalue weighted by Crippen LogP contribution is 2.20. The molecule has 0 saturated heterocycles. The van der Waals surface area contributed by atoms with Crippen molar-refractivity contribution in [2.24, 2.45) is 0 Å². The Morgan fingerprint density at radius 2 is 1.69 bits per heavy atom. The molecule has 1 amide bonds. The summed E-state index contributed by atoms with van der Waals surface area (Å²) >= 11 is 0. The largest absolute Gasteiger partial charge is 0.494 e. The summed E-state index contributed by atoms with van der Waals surface area (Å²) in [6.45, 7) is 8.51. The van der Waals surface area contributed by atoms with Crippen LogP contribution in [-0.2, 0) is 13.0 Å². The maximum absolute atomic E-state index is 12.3.